The van der Waals surface area contributed by atoms with Gasteiger partial charge in [0.1, 0.15) is 5.41 Å². The number of methoxy groups -OCH3 is 2. The van der Waals surface area contributed by atoms with E-state index in [0.29, 0.717) is 0 Å². The molecule has 0 bridgehead atoms. The van der Waals surface area contributed by atoms with E-state index in [4.69, 9.17) is 9.47 Å². The fourth-order valence-electron chi connectivity index (χ4n) is 3.78. The Hall–Kier alpha value is -2.50. The van der Waals surface area contributed by atoms with E-state index in [-0.39, 0.29) is 0 Å². The quantitative estimate of drug-likeness (QED) is 0.499. The minimum absolute atomic E-state index is 0.767. The van der Waals surface area contributed by atoms with Gasteiger partial charge in [0.2, 0.25) is 12.1 Å². The minimum atomic E-state index is -2.09. The minimum Gasteiger partial charge on any atom is -0.364 e. The molecule has 0 aliphatic rings. The number of ether oxygens (including phenoxy) is 2. The first-order chi connectivity index (χ1) is 13.1. The summed E-state index contributed by atoms with van der Waals surface area (Å²) in [5, 5.41) is 22.5. The summed E-state index contributed by atoms with van der Waals surface area (Å²) in [5.74, 6) is -2.09. The SMILES string of the molecule is COC(O)C(O)(OC)C(c1ccccc1)(c1ccccc1)c1ccccc1. The molecule has 0 fully saturated rings. The highest BCUT2D eigenvalue weighted by Crippen LogP contribution is 2.49. The molecule has 0 radical (unpaired) electrons. The predicted octanol–water partition coefficient (Wildman–Crippen LogP) is 3.32. The highest BCUT2D eigenvalue weighted by Gasteiger charge is 2.59. The Balaban J connectivity index is 2.47. The molecule has 0 aromatic heterocycles. The van der Waals surface area contributed by atoms with Crippen molar-refractivity contribution in [3.8, 4) is 0 Å². The van der Waals surface area contributed by atoms with Crippen LogP contribution in [0.3, 0.4) is 0 Å². The summed E-state index contributed by atoms with van der Waals surface area (Å²) in [6.45, 7) is 0. The molecule has 0 aliphatic heterocycles. The Morgan fingerprint density at radius 3 is 1.26 bits per heavy atom. The van der Waals surface area contributed by atoms with Gasteiger partial charge >= 0.3 is 0 Å². The van der Waals surface area contributed by atoms with Gasteiger partial charge in [-0.25, -0.2) is 0 Å². The topological polar surface area (TPSA) is 58.9 Å². The third-order valence-electron chi connectivity index (χ3n) is 5.03. The second-order valence-corrected chi connectivity index (χ2v) is 6.34. The summed E-state index contributed by atoms with van der Waals surface area (Å²) in [5.41, 5.74) is 1.06. The standard InChI is InChI=1S/C23H24O4/c1-26-21(24)23(25,27-2)22(18-12-6-3-7-13-18,19-14-8-4-9-15-19)20-16-10-5-11-17-20/h3-17,21,24-25H,1-2H3. The molecular formula is C23H24O4. The van der Waals surface area contributed by atoms with Gasteiger partial charge in [0, 0.05) is 14.2 Å². The van der Waals surface area contributed by atoms with Crippen molar-refractivity contribution in [2.24, 2.45) is 0 Å². The zero-order valence-electron chi connectivity index (χ0n) is 15.4. The van der Waals surface area contributed by atoms with E-state index in [9.17, 15) is 10.2 Å². The van der Waals surface area contributed by atoms with Crippen molar-refractivity contribution in [2.45, 2.75) is 17.5 Å². The van der Waals surface area contributed by atoms with Crippen LogP contribution in [0.25, 0.3) is 0 Å². The lowest BCUT2D eigenvalue weighted by Crippen LogP contribution is -2.62. The van der Waals surface area contributed by atoms with Gasteiger partial charge in [-0.3, -0.25) is 0 Å². The first-order valence-electron chi connectivity index (χ1n) is 8.76. The summed E-state index contributed by atoms with van der Waals surface area (Å²) in [6.07, 6.45) is -1.59. The van der Waals surface area contributed by atoms with Crippen molar-refractivity contribution >= 4 is 0 Å². The highest BCUT2D eigenvalue weighted by molar-refractivity contribution is 5.53. The molecule has 0 spiro atoms. The molecule has 3 aromatic carbocycles. The largest absolute Gasteiger partial charge is 0.364 e. The zero-order valence-corrected chi connectivity index (χ0v) is 15.4. The number of hydrogen-bond donors (Lipinski definition) is 2. The van der Waals surface area contributed by atoms with E-state index in [1.807, 2.05) is 91.0 Å². The lowest BCUT2D eigenvalue weighted by Gasteiger charge is -2.48. The van der Waals surface area contributed by atoms with Crippen molar-refractivity contribution in [3.63, 3.8) is 0 Å². The molecule has 3 aromatic rings. The molecule has 2 N–H and O–H groups in total. The maximum Gasteiger partial charge on any atom is 0.236 e. The van der Waals surface area contributed by atoms with Crippen molar-refractivity contribution < 1.29 is 19.7 Å². The molecule has 0 saturated heterocycles. The molecule has 0 heterocycles. The van der Waals surface area contributed by atoms with Gasteiger partial charge in [-0.2, -0.15) is 0 Å². The third kappa shape index (κ3) is 3.07. The van der Waals surface area contributed by atoms with Gasteiger partial charge in [0.05, 0.1) is 0 Å². The van der Waals surface area contributed by atoms with E-state index < -0.39 is 17.5 Å². The van der Waals surface area contributed by atoms with E-state index in [2.05, 4.69) is 0 Å². The molecule has 0 amide bonds. The Morgan fingerprint density at radius 2 is 1.00 bits per heavy atom. The molecule has 27 heavy (non-hydrogen) atoms. The Kier molecular flexibility index (Phi) is 5.73. The van der Waals surface area contributed by atoms with Crippen molar-refractivity contribution in [1.29, 1.82) is 0 Å². The first-order valence-corrected chi connectivity index (χ1v) is 8.76. The van der Waals surface area contributed by atoms with Gasteiger partial charge in [-0.15, -0.1) is 0 Å². The van der Waals surface area contributed by atoms with Gasteiger partial charge in [0.15, 0.2) is 0 Å². The first kappa shape index (κ1) is 19.3. The van der Waals surface area contributed by atoms with Crippen LogP contribution in [0.1, 0.15) is 16.7 Å². The number of rotatable bonds is 7. The van der Waals surface area contributed by atoms with Crippen LogP contribution in [0.5, 0.6) is 0 Å². The van der Waals surface area contributed by atoms with Crippen LogP contribution in [-0.2, 0) is 14.9 Å². The van der Waals surface area contributed by atoms with Crippen LogP contribution in [0.15, 0.2) is 91.0 Å². The summed E-state index contributed by atoms with van der Waals surface area (Å²) < 4.78 is 10.8. The average Bonchev–Trinajstić information content (AvgIpc) is 2.75. The second-order valence-electron chi connectivity index (χ2n) is 6.34. The van der Waals surface area contributed by atoms with Crippen LogP contribution in [-0.4, -0.2) is 36.5 Å². The van der Waals surface area contributed by atoms with Crippen molar-refractivity contribution in [1.82, 2.24) is 0 Å². The maximum absolute atomic E-state index is 11.8. The summed E-state index contributed by atoms with van der Waals surface area (Å²) in [7, 11) is 2.70. The monoisotopic (exact) mass is 364 g/mol. The second kappa shape index (κ2) is 8.03. The molecule has 4 nitrogen and oxygen atoms in total. The van der Waals surface area contributed by atoms with Crippen molar-refractivity contribution in [3.05, 3.63) is 108 Å². The smallest absolute Gasteiger partial charge is 0.236 e. The van der Waals surface area contributed by atoms with Gasteiger partial charge in [0.25, 0.3) is 0 Å². The number of benzene rings is 3. The zero-order chi connectivity index (χ0) is 19.3. The molecule has 2 unspecified atom stereocenters. The lowest BCUT2D eigenvalue weighted by atomic mass is 9.63. The van der Waals surface area contributed by atoms with E-state index in [0.717, 1.165) is 16.7 Å². The third-order valence-corrected chi connectivity index (χ3v) is 5.03. The van der Waals surface area contributed by atoms with Gasteiger partial charge in [-0.05, 0) is 16.7 Å². The molecule has 2 atom stereocenters. The van der Waals surface area contributed by atoms with Gasteiger partial charge < -0.3 is 19.7 Å². The molecular weight excluding hydrogens is 340 g/mol. The summed E-state index contributed by atoms with van der Waals surface area (Å²) in [6, 6.07) is 28.5. The molecule has 3 rings (SSSR count). The lowest BCUT2D eigenvalue weighted by molar-refractivity contribution is -0.328. The maximum atomic E-state index is 11.8. The highest BCUT2D eigenvalue weighted by atomic mass is 16.7. The number of aliphatic hydroxyl groups is 2. The number of aliphatic hydroxyl groups excluding tert-OH is 1. The van der Waals surface area contributed by atoms with Crippen molar-refractivity contribution in [2.75, 3.05) is 14.2 Å². The summed E-state index contributed by atoms with van der Waals surface area (Å²) in [4.78, 5) is 0. The van der Waals surface area contributed by atoms with E-state index in [1.165, 1.54) is 14.2 Å². The van der Waals surface area contributed by atoms with Gasteiger partial charge in [-0.1, -0.05) is 91.0 Å². The van der Waals surface area contributed by atoms with E-state index >= 15 is 0 Å². The van der Waals surface area contributed by atoms with E-state index in [1.54, 1.807) is 0 Å². The molecule has 0 aliphatic carbocycles. The van der Waals surface area contributed by atoms with Crippen LogP contribution in [0.4, 0.5) is 0 Å². The molecule has 0 saturated carbocycles. The van der Waals surface area contributed by atoms with Crippen LogP contribution >= 0.6 is 0 Å². The summed E-state index contributed by atoms with van der Waals surface area (Å²) >= 11 is 0. The Bertz CT molecular complexity index is 739. The Morgan fingerprint density at radius 1 is 0.667 bits per heavy atom. The molecule has 140 valence electrons. The Labute approximate surface area is 159 Å². The van der Waals surface area contributed by atoms with Crippen LogP contribution in [0, 0.1) is 0 Å². The predicted molar refractivity (Wildman–Crippen MR) is 104 cm³/mol. The van der Waals surface area contributed by atoms with Crippen LogP contribution in [0.2, 0.25) is 0 Å². The fraction of sp³-hybridized carbons (Fsp3) is 0.217. The average molecular weight is 364 g/mol. The molecule has 4 heteroatoms. The van der Waals surface area contributed by atoms with Crippen LogP contribution < -0.4 is 0 Å². The number of hydrogen-bond acceptors (Lipinski definition) is 4. The fourth-order valence-corrected chi connectivity index (χ4v) is 3.78. The normalized spacial score (nSPS) is 15.1.